The molecule has 3 rings (SSSR count). The maximum Gasteiger partial charge on any atom is 0.278 e. The highest BCUT2D eigenvalue weighted by atomic mass is 35.5. The van der Waals surface area contributed by atoms with E-state index < -0.39 is 5.56 Å². The highest BCUT2D eigenvalue weighted by Crippen LogP contribution is 2.30. The molecule has 0 bridgehead atoms. The molecule has 0 aliphatic rings. The Hall–Kier alpha value is -3.17. The zero-order valence-corrected chi connectivity index (χ0v) is 19.6. The van der Waals surface area contributed by atoms with Crippen LogP contribution in [0.3, 0.4) is 0 Å². The number of aromatic nitrogens is 3. The molecule has 1 heterocycles. The van der Waals surface area contributed by atoms with Gasteiger partial charge in [-0.1, -0.05) is 47.1 Å². The van der Waals surface area contributed by atoms with Crippen LogP contribution in [-0.2, 0) is 9.59 Å². The quantitative estimate of drug-likeness (QED) is 0.466. The van der Waals surface area contributed by atoms with Gasteiger partial charge in [0.05, 0.1) is 22.2 Å². The number of rotatable bonds is 6. The minimum atomic E-state index is -0.471. The molecule has 2 amide bonds. The molecule has 10 heteroatoms. The summed E-state index contributed by atoms with van der Waals surface area (Å²) in [6.07, 6.45) is 0. The zero-order valence-electron chi connectivity index (χ0n) is 18.0. The first kappa shape index (κ1) is 23.5. The number of para-hydroxylation sites is 1. The molecule has 0 unspecified atom stereocenters. The third kappa shape index (κ3) is 5.54. The van der Waals surface area contributed by atoms with Crippen LogP contribution in [0.5, 0.6) is 0 Å². The van der Waals surface area contributed by atoms with Crippen LogP contribution >= 0.6 is 23.4 Å². The second-order valence-corrected chi connectivity index (χ2v) is 8.63. The number of carbonyl (C=O) groups is 2. The van der Waals surface area contributed by atoms with E-state index in [4.69, 9.17) is 11.6 Å². The molecular weight excluding hydrogens is 450 g/mol. The van der Waals surface area contributed by atoms with Crippen LogP contribution in [0.4, 0.5) is 11.4 Å². The first-order valence-electron chi connectivity index (χ1n) is 9.69. The SMILES string of the molecule is CC(=O)Nc1c(C)cc(C)cc1-c1nnc(SCC(=O)Nc2c(C)cccc2Cl)[nH]c1=O. The molecule has 32 heavy (non-hydrogen) atoms. The first-order chi connectivity index (χ1) is 15.2. The van der Waals surface area contributed by atoms with Gasteiger partial charge in [-0.3, -0.25) is 19.4 Å². The molecule has 0 saturated heterocycles. The minimum Gasteiger partial charge on any atom is -0.325 e. The van der Waals surface area contributed by atoms with Gasteiger partial charge in [0.25, 0.3) is 5.56 Å². The second-order valence-electron chi connectivity index (χ2n) is 7.26. The molecule has 0 aliphatic carbocycles. The van der Waals surface area contributed by atoms with E-state index >= 15 is 0 Å². The topological polar surface area (TPSA) is 117 Å². The van der Waals surface area contributed by atoms with Crippen molar-refractivity contribution in [1.82, 2.24) is 15.2 Å². The maximum absolute atomic E-state index is 12.7. The fraction of sp³-hybridized carbons (Fsp3) is 0.227. The van der Waals surface area contributed by atoms with Gasteiger partial charge < -0.3 is 10.6 Å². The van der Waals surface area contributed by atoms with E-state index in [9.17, 15) is 14.4 Å². The largest absolute Gasteiger partial charge is 0.325 e. The lowest BCUT2D eigenvalue weighted by atomic mass is 10.0. The van der Waals surface area contributed by atoms with Crippen molar-refractivity contribution in [2.24, 2.45) is 0 Å². The van der Waals surface area contributed by atoms with Gasteiger partial charge in [-0.2, -0.15) is 0 Å². The van der Waals surface area contributed by atoms with E-state index in [-0.39, 0.29) is 28.4 Å². The Balaban J connectivity index is 1.79. The van der Waals surface area contributed by atoms with Crippen molar-refractivity contribution in [2.75, 3.05) is 16.4 Å². The fourth-order valence-electron chi connectivity index (χ4n) is 3.16. The smallest absolute Gasteiger partial charge is 0.278 e. The maximum atomic E-state index is 12.7. The lowest BCUT2D eigenvalue weighted by Crippen LogP contribution is -2.18. The average molecular weight is 472 g/mol. The Morgan fingerprint density at radius 2 is 1.81 bits per heavy atom. The number of anilines is 2. The molecule has 0 spiro atoms. The summed E-state index contributed by atoms with van der Waals surface area (Å²) < 4.78 is 0. The Morgan fingerprint density at radius 3 is 2.47 bits per heavy atom. The monoisotopic (exact) mass is 471 g/mol. The molecule has 1 aromatic heterocycles. The summed E-state index contributed by atoms with van der Waals surface area (Å²) in [5, 5.41) is 14.3. The third-order valence-electron chi connectivity index (χ3n) is 4.54. The molecule has 0 fully saturated rings. The van der Waals surface area contributed by atoms with Crippen LogP contribution < -0.4 is 16.2 Å². The van der Waals surface area contributed by atoms with E-state index in [0.717, 1.165) is 28.5 Å². The minimum absolute atomic E-state index is 0.00925. The number of halogens is 1. The summed E-state index contributed by atoms with van der Waals surface area (Å²) in [6.45, 7) is 6.97. The van der Waals surface area contributed by atoms with Crippen molar-refractivity contribution in [1.29, 1.82) is 0 Å². The molecule has 2 aromatic carbocycles. The van der Waals surface area contributed by atoms with Crippen LogP contribution in [0.15, 0.2) is 40.3 Å². The van der Waals surface area contributed by atoms with Crippen LogP contribution in [0.1, 0.15) is 23.6 Å². The molecule has 0 radical (unpaired) electrons. The van der Waals surface area contributed by atoms with Gasteiger partial charge in [0.1, 0.15) is 0 Å². The summed E-state index contributed by atoms with van der Waals surface area (Å²) in [4.78, 5) is 39.3. The van der Waals surface area contributed by atoms with Gasteiger partial charge >= 0.3 is 0 Å². The molecule has 166 valence electrons. The van der Waals surface area contributed by atoms with Crippen LogP contribution in [0, 0.1) is 20.8 Å². The van der Waals surface area contributed by atoms with Crippen LogP contribution in [0.2, 0.25) is 5.02 Å². The number of hydrogen-bond donors (Lipinski definition) is 3. The number of benzene rings is 2. The Morgan fingerprint density at radius 1 is 1.06 bits per heavy atom. The molecule has 3 aromatic rings. The Labute approximate surface area is 194 Å². The van der Waals surface area contributed by atoms with Crippen LogP contribution in [-0.4, -0.2) is 32.7 Å². The number of H-pyrrole nitrogens is 1. The van der Waals surface area contributed by atoms with Gasteiger partial charge in [0.15, 0.2) is 10.9 Å². The number of amides is 2. The van der Waals surface area contributed by atoms with Gasteiger partial charge in [0, 0.05) is 12.5 Å². The average Bonchev–Trinajstić information content (AvgIpc) is 2.71. The van der Waals surface area contributed by atoms with Gasteiger partial charge in [-0.05, 0) is 44.0 Å². The number of nitrogens with one attached hydrogen (secondary N) is 3. The van der Waals surface area contributed by atoms with E-state index in [1.54, 1.807) is 18.2 Å². The number of hydrogen-bond acceptors (Lipinski definition) is 6. The Bertz CT molecular complexity index is 1240. The van der Waals surface area contributed by atoms with Crippen molar-refractivity contribution in [3.8, 4) is 11.3 Å². The first-order valence-corrected chi connectivity index (χ1v) is 11.1. The van der Waals surface area contributed by atoms with Gasteiger partial charge in [-0.25, -0.2) is 0 Å². The number of aromatic amines is 1. The summed E-state index contributed by atoms with van der Waals surface area (Å²) in [5.74, 6) is -0.537. The van der Waals surface area contributed by atoms with E-state index in [1.807, 2.05) is 32.9 Å². The normalized spacial score (nSPS) is 10.7. The lowest BCUT2D eigenvalue weighted by molar-refractivity contribution is -0.114. The molecule has 0 aliphatic heterocycles. The van der Waals surface area contributed by atoms with Crippen LogP contribution in [0.25, 0.3) is 11.3 Å². The lowest BCUT2D eigenvalue weighted by Gasteiger charge is -2.13. The predicted octanol–water partition coefficient (Wildman–Crippen LogP) is 4.10. The Kier molecular flexibility index (Phi) is 7.32. The number of nitrogens with zero attached hydrogens (tertiary/aromatic N) is 2. The van der Waals surface area contributed by atoms with Crippen molar-refractivity contribution >= 4 is 46.6 Å². The number of carbonyl (C=O) groups excluding carboxylic acids is 2. The third-order valence-corrected chi connectivity index (χ3v) is 5.72. The fourth-order valence-corrected chi connectivity index (χ4v) is 4.03. The molecule has 8 nitrogen and oxygen atoms in total. The predicted molar refractivity (Wildman–Crippen MR) is 127 cm³/mol. The molecule has 0 saturated carbocycles. The number of thioether (sulfide) groups is 1. The molecule has 0 atom stereocenters. The molecular formula is C22H22ClN5O3S. The van der Waals surface area contributed by atoms with Gasteiger partial charge in [-0.15, -0.1) is 10.2 Å². The highest BCUT2D eigenvalue weighted by Gasteiger charge is 2.17. The summed E-state index contributed by atoms with van der Waals surface area (Å²) in [7, 11) is 0. The summed E-state index contributed by atoms with van der Waals surface area (Å²) in [5.41, 5.74) is 3.72. The number of aryl methyl sites for hydroxylation is 3. The summed E-state index contributed by atoms with van der Waals surface area (Å²) >= 11 is 7.18. The van der Waals surface area contributed by atoms with E-state index in [1.165, 1.54) is 6.92 Å². The van der Waals surface area contributed by atoms with Crippen molar-refractivity contribution in [3.63, 3.8) is 0 Å². The van der Waals surface area contributed by atoms with E-state index in [0.29, 0.717) is 22.0 Å². The van der Waals surface area contributed by atoms with Gasteiger partial charge in [0.2, 0.25) is 11.8 Å². The van der Waals surface area contributed by atoms with Crippen molar-refractivity contribution < 1.29 is 9.59 Å². The van der Waals surface area contributed by atoms with Crippen molar-refractivity contribution in [3.05, 3.63) is 62.4 Å². The van der Waals surface area contributed by atoms with Crippen molar-refractivity contribution in [2.45, 2.75) is 32.9 Å². The summed E-state index contributed by atoms with van der Waals surface area (Å²) in [6, 6.07) is 9.01. The zero-order chi connectivity index (χ0) is 23.4. The highest BCUT2D eigenvalue weighted by molar-refractivity contribution is 7.99. The van der Waals surface area contributed by atoms with E-state index in [2.05, 4.69) is 25.8 Å². The standard InChI is InChI=1S/C22H22ClN5O3S/c1-11-8-13(3)18(24-14(4)29)15(9-11)20-21(31)26-22(28-27-20)32-10-17(30)25-19-12(2)6-5-7-16(19)23/h5-9H,10H2,1-4H3,(H,24,29)(H,25,30)(H,26,28,31). The second kappa shape index (κ2) is 9.97. The molecule has 3 N–H and O–H groups in total.